The van der Waals surface area contributed by atoms with Crippen LogP contribution in [0.2, 0.25) is 0 Å². The highest BCUT2D eigenvalue weighted by Crippen LogP contribution is 2.18. The van der Waals surface area contributed by atoms with E-state index in [1.54, 1.807) is 12.1 Å². The van der Waals surface area contributed by atoms with Gasteiger partial charge in [-0.15, -0.1) is 0 Å². The van der Waals surface area contributed by atoms with Crippen LogP contribution in [0.5, 0.6) is 5.75 Å². The van der Waals surface area contributed by atoms with E-state index >= 15 is 0 Å². The number of piperidine rings is 1. The monoisotopic (exact) mass is 421 g/mol. The van der Waals surface area contributed by atoms with Crippen LogP contribution in [-0.4, -0.2) is 69.1 Å². The van der Waals surface area contributed by atoms with Crippen LogP contribution in [-0.2, 0) is 9.47 Å². The Morgan fingerprint density at radius 2 is 2.00 bits per heavy atom. The molecule has 2 fully saturated rings. The second kappa shape index (κ2) is 12.7. The molecule has 0 amide bonds. The molecule has 0 radical (unpaired) electrons. The predicted octanol–water partition coefficient (Wildman–Crippen LogP) is 3.61. The fourth-order valence-corrected chi connectivity index (χ4v) is 3.81. The van der Waals surface area contributed by atoms with E-state index in [0.29, 0.717) is 25.0 Å². The molecule has 0 aliphatic carbocycles. The van der Waals surface area contributed by atoms with Crippen LogP contribution in [0.1, 0.15) is 45.4 Å². The first-order valence-electron chi connectivity index (χ1n) is 11.4. The smallest absolute Gasteiger partial charge is 0.193 e. The molecule has 2 saturated heterocycles. The minimum absolute atomic E-state index is 0.251. The zero-order valence-corrected chi connectivity index (χ0v) is 18.2. The largest absolute Gasteiger partial charge is 0.494 e. The van der Waals surface area contributed by atoms with E-state index in [1.807, 2.05) is 0 Å². The standard InChI is InChI=1S/C23H36FN3O3/c1-2-25-23(26-13-5-17-28-20-9-7-19(24)8-10-20)27-14-11-21(12-15-27)30-18-22-6-3-4-16-29-22/h7-10,21-22H,2-6,11-18H2,1H3,(H,25,26). The summed E-state index contributed by atoms with van der Waals surface area (Å²) in [6.45, 7) is 7.71. The van der Waals surface area contributed by atoms with Gasteiger partial charge in [-0.3, -0.25) is 4.99 Å². The Morgan fingerprint density at radius 1 is 1.20 bits per heavy atom. The van der Waals surface area contributed by atoms with Gasteiger partial charge in [0.05, 0.1) is 25.4 Å². The van der Waals surface area contributed by atoms with E-state index in [1.165, 1.54) is 25.0 Å². The fourth-order valence-electron chi connectivity index (χ4n) is 3.81. The number of benzene rings is 1. The van der Waals surface area contributed by atoms with Crippen molar-refractivity contribution in [1.82, 2.24) is 10.2 Å². The van der Waals surface area contributed by atoms with Gasteiger partial charge in [0.1, 0.15) is 11.6 Å². The summed E-state index contributed by atoms with van der Waals surface area (Å²) in [5, 5.41) is 3.40. The quantitative estimate of drug-likeness (QED) is 0.375. The molecule has 0 saturated carbocycles. The molecule has 0 aromatic heterocycles. The van der Waals surface area contributed by atoms with Crippen LogP contribution >= 0.6 is 0 Å². The lowest BCUT2D eigenvalue weighted by atomic mass is 10.1. The second-order valence-electron chi connectivity index (χ2n) is 7.90. The van der Waals surface area contributed by atoms with Gasteiger partial charge in [0.15, 0.2) is 5.96 Å². The van der Waals surface area contributed by atoms with E-state index < -0.39 is 0 Å². The van der Waals surface area contributed by atoms with Crippen molar-refractivity contribution in [2.45, 2.75) is 57.7 Å². The van der Waals surface area contributed by atoms with E-state index in [4.69, 9.17) is 19.2 Å². The highest BCUT2D eigenvalue weighted by Gasteiger charge is 2.23. The summed E-state index contributed by atoms with van der Waals surface area (Å²) in [5.41, 5.74) is 0. The molecule has 0 spiro atoms. The summed E-state index contributed by atoms with van der Waals surface area (Å²) >= 11 is 0. The maximum Gasteiger partial charge on any atom is 0.193 e. The van der Waals surface area contributed by atoms with E-state index in [2.05, 4.69) is 17.1 Å². The predicted molar refractivity (Wildman–Crippen MR) is 117 cm³/mol. The van der Waals surface area contributed by atoms with Crippen molar-refractivity contribution in [3.8, 4) is 5.75 Å². The first kappa shape index (κ1) is 22.8. The van der Waals surface area contributed by atoms with Gasteiger partial charge >= 0.3 is 0 Å². The number of hydrogen-bond acceptors (Lipinski definition) is 4. The van der Waals surface area contributed by atoms with Crippen LogP contribution in [0.15, 0.2) is 29.3 Å². The third-order valence-corrected chi connectivity index (χ3v) is 5.51. The summed E-state index contributed by atoms with van der Waals surface area (Å²) in [4.78, 5) is 7.08. The zero-order chi connectivity index (χ0) is 21.0. The molecule has 6 nitrogen and oxygen atoms in total. The Morgan fingerprint density at radius 3 is 2.70 bits per heavy atom. The summed E-state index contributed by atoms with van der Waals surface area (Å²) in [6, 6.07) is 6.11. The Balaban J connectivity index is 1.35. The van der Waals surface area contributed by atoms with Gasteiger partial charge in [0.2, 0.25) is 0 Å². The summed E-state index contributed by atoms with van der Waals surface area (Å²) in [6.07, 6.45) is 7.01. The molecule has 2 aliphatic rings. The summed E-state index contributed by atoms with van der Waals surface area (Å²) in [5.74, 6) is 1.40. The molecule has 2 aliphatic heterocycles. The molecule has 1 unspecified atom stereocenters. The maximum absolute atomic E-state index is 12.9. The van der Waals surface area contributed by atoms with Gasteiger partial charge in [0, 0.05) is 39.2 Å². The molecule has 1 aromatic carbocycles. The normalized spacial score (nSPS) is 20.9. The first-order chi connectivity index (χ1) is 14.7. The second-order valence-corrected chi connectivity index (χ2v) is 7.90. The molecule has 1 N–H and O–H groups in total. The van der Waals surface area contributed by atoms with Crippen molar-refractivity contribution in [2.75, 3.05) is 46.0 Å². The molecule has 30 heavy (non-hydrogen) atoms. The fraction of sp³-hybridized carbons (Fsp3) is 0.696. The molecule has 1 aromatic rings. The number of guanidine groups is 1. The van der Waals surface area contributed by atoms with Crippen LogP contribution < -0.4 is 10.1 Å². The Kier molecular flexibility index (Phi) is 9.70. The molecule has 0 bridgehead atoms. The molecule has 7 heteroatoms. The van der Waals surface area contributed by atoms with Crippen molar-refractivity contribution < 1.29 is 18.6 Å². The lowest BCUT2D eigenvalue weighted by Gasteiger charge is -2.35. The van der Waals surface area contributed by atoms with E-state index in [0.717, 1.165) is 64.5 Å². The van der Waals surface area contributed by atoms with Crippen LogP contribution in [0, 0.1) is 5.82 Å². The number of rotatable bonds is 9. The highest BCUT2D eigenvalue weighted by molar-refractivity contribution is 5.80. The zero-order valence-electron chi connectivity index (χ0n) is 18.2. The number of hydrogen-bond donors (Lipinski definition) is 1. The minimum Gasteiger partial charge on any atom is -0.494 e. The average Bonchev–Trinajstić information content (AvgIpc) is 2.79. The Bertz CT molecular complexity index is 627. The highest BCUT2D eigenvalue weighted by atomic mass is 19.1. The Labute approximate surface area is 179 Å². The van der Waals surface area contributed by atoms with Crippen molar-refractivity contribution >= 4 is 5.96 Å². The lowest BCUT2D eigenvalue weighted by Crippen LogP contribution is -2.47. The van der Waals surface area contributed by atoms with Crippen LogP contribution in [0.25, 0.3) is 0 Å². The lowest BCUT2D eigenvalue weighted by molar-refractivity contribution is -0.0721. The molecule has 3 rings (SSSR count). The van der Waals surface area contributed by atoms with E-state index in [-0.39, 0.29) is 11.9 Å². The topological polar surface area (TPSA) is 55.3 Å². The van der Waals surface area contributed by atoms with E-state index in [9.17, 15) is 4.39 Å². The third-order valence-electron chi connectivity index (χ3n) is 5.51. The molecule has 1 atom stereocenters. The van der Waals surface area contributed by atoms with Gasteiger partial charge in [-0.2, -0.15) is 0 Å². The SMILES string of the molecule is CCNC(=NCCCOc1ccc(F)cc1)N1CCC(OCC2CCCCO2)CC1. The number of likely N-dealkylation sites (tertiary alicyclic amines) is 1. The summed E-state index contributed by atoms with van der Waals surface area (Å²) in [7, 11) is 0. The van der Waals surface area contributed by atoms with Gasteiger partial charge in [0.25, 0.3) is 0 Å². The van der Waals surface area contributed by atoms with Crippen molar-refractivity contribution in [2.24, 2.45) is 4.99 Å². The van der Waals surface area contributed by atoms with Crippen LogP contribution in [0.4, 0.5) is 4.39 Å². The first-order valence-corrected chi connectivity index (χ1v) is 11.4. The number of nitrogens with one attached hydrogen (secondary N) is 1. The molecule has 168 valence electrons. The van der Waals surface area contributed by atoms with Crippen LogP contribution in [0.3, 0.4) is 0 Å². The van der Waals surface area contributed by atoms with Gasteiger partial charge < -0.3 is 24.4 Å². The van der Waals surface area contributed by atoms with Gasteiger partial charge in [-0.05, 0) is 63.3 Å². The number of aliphatic imine (C=N–C) groups is 1. The molecular weight excluding hydrogens is 385 g/mol. The third kappa shape index (κ3) is 7.76. The van der Waals surface area contributed by atoms with Crippen molar-refractivity contribution in [3.05, 3.63) is 30.1 Å². The van der Waals surface area contributed by atoms with Crippen molar-refractivity contribution in [1.29, 1.82) is 0 Å². The van der Waals surface area contributed by atoms with Gasteiger partial charge in [-0.25, -0.2) is 4.39 Å². The van der Waals surface area contributed by atoms with Gasteiger partial charge in [-0.1, -0.05) is 0 Å². The Hall–Kier alpha value is -1.86. The number of ether oxygens (including phenoxy) is 3. The molecular formula is C23H36FN3O3. The number of halogens is 1. The number of nitrogens with zero attached hydrogens (tertiary/aromatic N) is 2. The summed E-state index contributed by atoms with van der Waals surface area (Å²) < 4.78 is 30.5. The van der Waals surface area contributed by atoms with Crippen molar-refractivity contribution in [3.63, 3.8) is 0 Å². The molecule has 2 heterocycles. The average molecular weight is 422 g/mol. The maximum atomic E-state index is 12.9. The minimum atomic E-state index is -0.251.